The molecule has 3 heteroatoms. The predicted octanol–water partition coefficient (Wildman–Crippen LogP) is 3.91. The number of hydrogen-bond acceptors (Lipinski definition) is 3. The highest BCUT2D eigenvalue weighted by atomic mass is 17.2. The Labute approximate surface area is 114 Å². The van der Waals surface area contributed by atoms with E-state index in [1.807, 2.05) is 25.1 Å². The van der Waals surface area contributed by atoms with Gasteiger partial charge in [0.25, 0.3) is 0 Å². The van der Waals surface area contributed by atoms with Crippen molar-refractivity contribution in [2.75, 3.05) is 0 Å². The van der Waals surface area contributed by atoms with E-state index in [0.717, 1.165) is 18.4 Å². The molecule has 2 rings (SSSR count). The minimum Gasteiger partial charge on any atom is -0.293 e. The zero-order valence-corrected chi connectivity index (χ0v) is 11.9. The summed E-state index contributed by atoms with van der Waals surface area (Å²) in [6, 6.07) is 7.38. The molecular weight excluding hydrogens is 240 g/mol. The van der Waals surface area contributed by atoms with Crippen LogP contribution in [0.3, 0.4) is 0 Å². The molecule has 104 valence electrons. The first kappa shape index (κ1) is 14.1. The van der Waals surface area contributed by atoms with Gasteiger partial charge in [0.05, 0.1) is 5.56 Å². The van der Waals surface area contributed by atoms with Crippen LogP contribution in [0.1, 0.15) is 49.0 Å². The van der Waals surface area contributed by atoms with E-state index in [9.17, 15) is 4.79 Å². The highest BCUT2D eigenvalue weighted by Crippen LogP contribution is 2.31. The summed E-state index contributed by atoms with van der Waals surface area (Å²) < 4.78 is 0. The predicted molar refractivity (Wildman–Crippen MR) is 73.6 cm³/mol. The summed E-state index contributed by atoms with van der Waals surface area (Å²) in [5, 5.41) is 0. The van der Waals surface area contributed by atoms with E-state index in [1.165, 1.54) is 6.42 Å². The van der Waals surface area contributed by atoms with Crippen LogP contribution in [0, 0.1) is 18.8 Å². The number of hydrogen-bond donors (Lipinski definition) is 0. The van der Waals surface area contributed by atoms with Crippen LogP contribution in [0.5, 0.6) is 0 Å². The number of carbonyl (C=O) groups excluding carboxylic acids is 1. The maximum Gasteiger partial charge on any atom is 0.373 e. The van der Waals surface area contributed by atoms with Crippen molar-refractivity contribution in [1.29, 1.82) is 0 Å². The van der Waals surface area contributed by atoms with Crippen molar-refractivity contribution in [1.82, 2.24) is 0 Å². The Hall–Kier alpha value is -1.35. The highest BCUT2D eigenvalue weighted by Gasteiger charge is 2.29. The third-order valence-electron chi connectivity index (χ3n) is 4.24. The van der Waals surface area contributed by atoms with Crippen LogP contribution in [-0.4, -0.2) is 12.1 Å². The first-order valence-corrected chi connectivity index (χ1v) is 7.03. The molecule has 3 unspecified atom stereocenters. The van der Waals surface area contributed by atoms with E-state index < -0.39 is 5.97 Å². The molecule has 0 spiro atoms. The molecule has 1 saturated carbocycles. The molecule has 0 amide bonds. The molecular formula is C16H22O3. The summed E-state index contributed by atoms with van der Waals surface area (Å²) in [5.74, 6) is 0.651. The number of benzene rings is 1. The lowest BCUT2D eigenvalue weighted by molar-refractivity contribution is -0.292. The number of carbonyl (C=O) groups is 1. The monoisotopic (exact) mass is 262 g/mol. The van der Waals surface area contributed by atoms with E-state index in [-0.39, 0.29) is 6.10 Å². The molecule has 0 heterocycles. The minimum atomic E-state index is -0.400. The van der Waals surface area contributed by atoms with Crippen LogP contribution < -0.4 is 0 Å². The van der Waals surface area contributed by atoms with Crippen molar-refractivity contribution < 1.29 is 14.6 Å². The molecule has 1 fully saturated rings. The van der Waals surface area contributed by atoms with Crippen LogP contribution in [-0.2, 0) is 9.78 Å². The molecule has 0 aromatic heterocycles. The second-order valence-electron chi connectivity index (χ2n) is 5.59. The van der Waals surface area contributed by atoms with Gasteiger partial charge in [0.15, 0.2) is 0 Å². The molecule has 0 bridgehead atoms. The van der Waals surface area contributed by atoms with Crippen molar-refractivity contribution in [3.63, 3.8) is 0 Å². The maximum absolute atomic E-state index is 11.9. The molecule has 0 N–H and O–H groups in total. The number of aryl methyl sites for hydroxylation is 1. The zero-order valence-electron chi connectivity index (χ0n) is 11.9. The van der Waals surface area contributed by atoms with Gasteiger partial charge in [0.1, 0.15) is 6.10 Å². The summed E-state index contributed by atoms with van der Waals surface area (Å²) >= 11 is 0. The maximum atomic E-state index is 11.9. The average Bonchev–Trinajstić information content (AvgIpc) is 2.40. The summed E-state index contributed by atoms with van der Waals surface area (Å²) in [7, 11) is 0. The lowest BCUT2D eigenvalue weighted by Crippen LogP contribution is -2.32. The molecule has 1 aromatic carbocycles. The molecule has 1 aliphatic rings. The standard InChI is InChI=1S/C16H22O3/c1-11-8-6-10-15(13(11)3)18-19-16(17)14-9-5-4-7-12(14)2/h4-5,7,9,11,13,15H,6,8,10H2,1-3H3. The van der Waals surface area contributed by atoms with Gasteiger partial charge in [-0.15, -0.1) is 0 Å². The largest absolute Gasteiger partial charge is 0.373 e. The summed E-state index contributed by atoms with van der Waals surface area (Å²) in [5.41, 5.74) is 1.47. The third kappa shape index (κ3) is 3.35. The first-order valence-electron chi connectivity index (χ1n) is 7.03. The van der Waals surface area contributed by atoms with Gasteiger partial charge in [-0.25, -0.2) is 4.79 Å². The molecule has 3 atom stereocenters. The van der Waals surface area contributed by atoms with Crippen molar-refractivity contribution in [2.45, 2.75) is 46.1 Å². The van der Waals surface area contributed by atoms with E-state index >= 15 is 0 Å². The third-order valence-corrected chi connectivity index (χ3v) is 4.24. The molecule has 3 nitrogen and oxygen atoms in total. The zero-order chi connectivity index (χ0) is 13.8. The first-order chi connectivity index (χ1) is 9.09. The molecule has 0 radical (unpaired) electrons. The SMILES string of the molecule is Cc1ccccc1C(=O)OOC1CCCC(C)C1C. The molecule has 1 aromatic rings. The quantitative estimate of drug-likeness (QED) is 0.612. The smallest absolute Gasteiger partial charge is 0.293 e. The van der Waals surface area contributed by atoms with Gasteiger partial charge in [0, 0.05) is 0 Å². The van der Waals surface area contributed by atoms with Crippen LogP contribution in [0.25, 0.3) is 0 Å². The average molecular weight is 262 g/mol. The molecule has 0 saturated heterocycles. The van der Waals surface area contributed by atoms with Gasteiger partial charge in [-0.1, -0.05) is 44.9 Å². The molecule has 19 heavy (non-hydrogen) atoms. The second kappa shape index (κ2) is 6.20. The van der Waals surface area contributed by atoms with Crippen LogP contribution >= 0.6 is 0 Å². The van der Waals surface area contributed by atoms with Gasteiger partial charge in [-0.05, 0) is 36.8 Å². The Morgan fingerprint density at radius 2 is 1.95 bits per heavy atom. The van der Waals surface area contributed by atoms with Gasteiger partial charge >= 0.3 is 5.97 Å². The topological polar surface area (TPSA) is 35.5 Å². The summed E-state index contributed by atoms with van der Waals surface area (Å²) in [6.45, 7) is 6.28. The Kier molecular flexibility index (Phi) is 4.59. The second-order valence-corrected chi connectivity index (χ2v) is 5.59. The number of rotatable bonds is 3. The highest BCUT2D eigenvalue weighted by molar-refractivity contribution is 5.90. The Bertz CT molecular complexity index is 441. The Balaban J connectivity index is 1.92. The van der Waals surface area contributed by atoms with E-state index in [0.29, 0.717) is 17.4 Å². The molecule has 0 aliphatic heterocycles. The van der Waals surface area contributed by atoms with Crippen molar-refractivity contribution in [2.24, 2.45) is 11.8 Å². The van der Waals surface area contributed by atoms with Crippen LogP contribution in [0.2, 0.25) is 0 Å². The fourth-order valence-corrected chi connectivity index (χ4v) is 2.62. The Morgan fingerprint density at radius 1 is 1.21 bits per heavy atom. The summed E-state index contributed by atoms with van der Waals surface area (Å²) in [4.78, 5) is 22.4. The van der Waals surface area contributed by atoms with Gasteiger partial charge in [0.2, 0.25) is 0 Å². The minimum absolute atomic E-state index is 0.0247. The fourth-order valence-electron chi connectivity index (χ4n) is 2.62. The van der Waals surface area contributed by atoms with Crippen molar-refractivity contribution >= 4 is 5.97 Å². The fraction of sp³-hybridized carbons (Fsp3) is 0.562. The van der Waals surface area contributed by atoms with E-state index in [4.69, 9.17) is 9.78 Å². The lowest BCUT2D eigenvalue weighted by Gasteiger charge is -2.32. The van der Waals surface area contributed by atoms with Crippen molar-refractivity contribution in [3.05, 3.63) is 35.4 Å². The van der Waals surface area contributed by atoms with Gasteiger partial charge < -0.3 is 0 Å². The lowest BCUT2D eigenvalue weighted by atomic mass is 9.80. The van der Waals surface area contributed by atoms with Gasteiger partial charge in [-0.2, -0.15) is 4.89 Å². The Morgan fingerprint density at radius 3 is 2.68 bits per heavy atom. The van der Waals surface area contributed by atoms with Crippen LogP contribution in [0.15, 0.2) is 24.3 Å². The summed E-state index contributed by atoms with van der Waals surface area (Å²) in [6.07, 6.45) is 3.36. The van der Waals surface area contributed by atoms with Gasteiger partial charge in [-0.3, -0.25) is 4.89 Å². The van der Waals surface area contributed by atoms with Crippen molar-refractivity contribution in [3.8, 4) is 0 Å². The normalized spacial score (nSPS) is 27.0. The van der Waals surface area contributed by atoms with E-state index in [1.54, 1.807) is 6.07 Å². The van der Waals surface area contributed by atoms with E-state index in [2.05, 4.69) is 13.8 Å². The molecule has 1 aliphatic carbocycles. The van der Waals surface area contributed by atoms with Crippen LogP contribution in [0.4, 0.5) is 0 Å².